The zero-order valence-electron chi connectivity index (χ0n) is 20.9. The summed E-state index contributed by atoms with van der Waals surface area (Å²) >= 11 is 3.43. The molecule has 196 valence electrons. The smallest absolute Gasteiger partial charge is 0.264 e. The minimum atomic E-state index is -4.10. The number of hydrogen-bond acceptors (Lipinski definition) is 5. The van der Waals surface area contributed by atoms with E-state index >= 15 is 0 Å². The molecule has 1 atom stereocenters. The lowest BCUT2D eigenvalue weighted by Crippen LogP contribution is -2.51. The number of benzene rings is 3. The van der Waals surface area contributed by atoms with Crippen LogP contribution in [0, 0.1) is 0 Å². The summed E-state index contributed by atoms with van der Waals surface area (Å²) in [5.74, 6) is -0.296. The molecule has 0 fully saturated rings. The summed E-state index contributed by atoms with van der Waals surface area (Å²) in [6.45, 7) is 3.45. The number of methoxy groups -OCH3 is 1. The lowest BCUT2D eigenvalue weighted by atomic mass is 10.1. The molecule has 1 unspecified atom stereocenters. The molecule has 3 aromatic rings. The van der Waals surface area contributed by atoms with E-state index in [9.17, 15) is 18.0 Å². The molecule has 0 aliphatic rings. The summed E-state index contributed by atoms with van der Waals surface area (Å²) < 4.78 is 34.5. The van der Waals surface area contributed by atoms with E-state index < -0.39 is 28.5 Å². The van der Waals surface area contributed by atoms with Crippen molar-refractivity contribution in [2.75, 3.05) is 24.5 Å². The monoisotopic (exact) mass is 587 g/mol. The van der Waals surface area contributed by atoms with Crippen molar-refractivity contribution in [2.24, 2.45) is 0 Å². The average molecular weight is 589 g/mol. The molecule has 2 amide bonds. The molecule has 3 aromatic carbocycles. The summed E-state index contributed by atoms with van der Waals surface area (Å²) in [6.07, 6.45) is 0. The topological polar surface area (TPSA) is 96.0 Å². The molecule has 8 nitrogen and oxygen atoms in total. The number of ether oxygens (including phenoxy) is 1. The normalized spacial score (nSPS) is 11.9. The van der Waals surface area contributed by atoms with Gasteiger partial charge in [0.1, 0.15) is 18.3 Å². The highest BCUT2D eigenvalue weighted by Gasteiger charge is 2.32. The van der Waals surface area contributed by atoms with Gasteiger partial charge in [-0.05, 0) is 67.9 Å². The van der Waals surface area contributed by atoms with Crippen LogP contribution in [0.25, 0.3) is 0 Å². The molecule has 0 bridgehead atoms. The average Bonchev–Trinajstić information content (AvgIpc) is 2.90. The number of carbonyl (C=O) groups excluding carboxylic acids is 2. The van der Waals surface area contributed by atoms with Crippen molar-refractivity contribution >= 4 is 43.5 Å². The molecular formula is C27H30BrN3O5S. The number of nitrogens with zero attached hydrogens (tertiary/aromatic N) is 2. The molecule has 0 aliphatic heterocycles. The lowest BCUT2D eigenvalue weighted by molar-refractivity contribution is -0.139. The Morgan fingerprint density at radius 1 is 1.00 bits per heavy atom. The van der Waals surface area contributed by atoms with Gasteiger partial charge in [0.15, 0.2) is 0 Å². The highest BCUT2D eigenvalue weighted by atomic mass is 79.9. The Morgan fingerprint density at radius 3 is 2.27 bits per heavy atom. The summed E-state index contributed by atoms with van der Waals surface area (Å²) in [5.41, 5.74) is 1.09. The summed E-state index contributed by atoms with van der Waals surface area (Å²) in [7, 11) is -2.59. The van der Waals surface area contributed by atoms with Crippen molar-refractivity contribution in [2.45, 2.75) is 31.3 Å². The van der Waals surface area contributed by atoms with Gasteiger partial charge in [0.2, 0.25) is 11.8 Å². The fourth-order valence-electron chi connectivity index (χ4n) is 3.73. The Bertz CT molecular complexity index is 1320. The maximum atomic E-state index is 13.8. The third-order valence-electron chi connectivity index (χ3n) is 5.73. The summed E-state index contributed by atoms with van der Waals surface area (Å²) in [4.78, 5) is 27.9. The van der Waals surface area contributed by atoms with Crippen LogP contribution in [-0.4, -0.2) is 51.4 Å². The van der Waals surface area contributed by atoms with E-state index in [-0.39, 0.29) is 17.3 Å². The predicted octanol–water partition coefficient (Wildman–Crippen LogP) is 4.21. The van der Waals surface area contributed by atoms with Crippen LogP contribution in [0.15, 0.2) is 88.2 Å². The number of likely N-dealkylation sites (N-methyl/N-ethyl adjacent to an activating group) is 1. The summed E-state index contributed by atoms with van der Waals surface area (Å²) in [5, 5.41) is 2.74. The van der Waals surface area contributed by atoms with Crippen molar-refractivity contribution in [3.05, 3.63) is 88.9 Å². The molecule has 0 saturated carbocycles. The number of nitrogens with one attached hydrogen (secondary N) is 1. The Balaban J connectivity index is 2.02. The second kappa shape index (κ2) is 12.7. The maximum absolute atomic E-state index is 13.8. The van der Waals surface area contributed by atoms with E-state index in [0.29, 0.717) is 18.0 Å². The molecule has 0 spiro atoms. The maximum Gasteiger partial charge on any atom is 0.264 e. The largest absolute Gasteiger partial charge is 0.497 e. The van der Waals surface area contributed by atoms with Crippen LogP contribution < -0.4 is 14.4 Å². The van der Waals surface area contributed by atoms with E-state index in [0.717, 1.165) is 14.3 Å². The number of sulfonamides is 1. The zero-order chi connectivity index (χ0) is 27.0. The van der Waals surface area contributed by atoms with E-state index in [1.807, 2.05) is 24.3 Å². The molecule has 37 heavy (non-hydrogen) atoms. The SMILES string of the molecule is CCNC(=O)C(C)N(Cc1cccc(Br)c1)C(=O)CN(c1ccc(OC)cc1)S(=O)(=O)c1ccccc1. The first-order chi connectivity index (χ1) is 17.7. The van der Waals surface area contributed by atoms with Gasteiger partial charge >= 0.3 is 0 Å². The van der Waals surface area contributed by atoms with Crippen LogP contribution in [0.4, 0.5) is 5.69 Å². The molecule has 0 heterocycles. The first kappa shape index (κ1) is 28.2. The second-order valence-corrected chi connectivity index (χ2v) is 11.0. The molecule has 0 radical (unpaired) electrons. The molecule has 0 aliphatic carbocycles. The highest BCUT2D eigenvalue weighted by Crippen LogP contribution is 2.26. The minimum absolute atomic E-state index is 0.0499. The van der Waals surface area contributed by atoms with Gasteiger partial charge in [-0.3, -0.25) is 13.9 Å². The fraction of sp³-hybridized carbons (Fsp3) is 0.259. The van der Waals surface area contributed by atoms with Gasteiger partial charge < -0.3 is 15.0 Å². The number of rotatable bonds is 11. The van der Waals surface area contributed by atoms with Crippen LogP contribution in [-0.2, 0) is 26.2 Å². The number of amides is 2. The Labute approximate surface area is 226 Å². The van der Waals surface area contributed by atoms with Gasteiger partial charge in [0, 0.05) is 17.6 Å². The number of anilines is 1. The lowest BCUT2D eigenvalue weighted by Gasteiger charge is -2.32. The van der Waals surface area contributed by atoms with Gasteiger partial charge in [-0.15, -0.1) is 0 Å². The molecule has 0 saturated heterocycles. The van der Waals surface area contributed by atoms with E-state index in [1.165, 1.54) is 24.1 Å². The van der Waals surface area contributed by atoms with Gasteiger partial charge in [0.25, 0.3) is 10.0 Å². The zero-order valence-corrected chi connectivity index (χ0v) is 23.3. The molecule has 10 heteroatoms. The number of halogens is 1. The van der Waals surface area contributed by atoms with Crippen molar-refractivity contribution in [3.8, 4) is 5.75 Å². The van der Waals surface area contributed by atoms with Crippen molar-refractivity contribution in [1.29, 1.82) is 0 Å². The highest BCUT2D eigenvalue weighted by molar-refractivity contribution is 9.10. The van der Waals surface area contributed by atoms with Gasteiger partial charge in [-0.25, -0.2) is 8.42 Å². The predicted molar refractivity (Wildman–Crippen MR) is 147 cm³/mol. The van der Waals surface area contributed by atoms with Crippen LogP contribution >= 0.6 is 15.9 Å². The van der Waals surface area contributed by atoms with E-state index in [2.05, 4.69) is 21.2 Å². The first-order valence-corrected chi connectivity index (χ1v) is 13.9. The quantitative estimate of drug-likeness (QED) is 0.362. The first-order valence-electron chi connectivity index (χ1n) is 11.7. The Kier molecular flexibility index (Phi) is 9.71. The van der Waals surface area contributed by atoms with E-state index in [1.54, 1.807) is 56.3 Å². The molecule has 3 rings (SSSR count). The number of hydrogen-bond donors (Lipinski definition) is 1. The molecular weight excluding hydrogens is 558 g/mol. The standard InChI is InChI=1S/C27H30BrN3O5S/c1-4-29-27(33)20(2)30(18-21-9-8-10-22(28)17-21)26(32)19-31(23-13-15-24(36-3)16-14-23)37(34,35)25-11-6-5-7-12-25/h5-17,20H,4,18-19H2,1-3H3,(H,29,33). The fourth-order valence-corrected chi connectivity index (χ4v) is 5.62. The van der Waals surface area contributed by atoms with Gasteiger partial charge in [-0.1, -0.05) is 46.3 Å². The minimum Gasteiger partial charge on any atom is -0.497 e. The van der Waals surface area contributed by atoms with Crippen molar-refractivity contribution in [1.82, 2.24) is 10.2 Å². The third kappa shape index (κ3) is 7.11. The third-order valence-corrected chi connectivity index (χ3v) is 8.01. The van der Waals surface area contributed by atoms with Crippen LogP contribution in [0.5, 0.6) is 5.75 Å². The molecule has 0 aromatic heterocycles. The van der Waals surface area contributed by atoms with Gasteiger partial charge in [-0.2, -0.15) is 0 Å². The van der Waals surface area contributed by atoms with Crippen LogP contribution in [0.1, 0.15) is 19.4 Å². The van der Waals surface area contributed by atoms with Gasteiger partial charge in [0.05, 0.1) is 17.7 Å². The van der Waals surface area contributed by atoms with E-state index in [4.69, 9.17) is 4.74 Å². The molecule has 1 N–H and O–H groups in total. The van der Waals surface area contributed by atoms with Crippen LogP contribution in [0.3, 0.4) is 0 Å². The van der Waals surface area contributed by atoms with Crippen molar-refractivity contribution in [3.63, 3.8) is 0 Å². The second-order valence-electron chi connectivity index (χ2n) is 8.24. The Hall–Kier alpha value is -3.37. The van der Waals surface area contributed by atoms with Crippen LogP contribution in [0.2, 0.25) is 0 Å². The number of carbonyl (C=O) groups is 2. The summed E-state index contributed by atoms with van der Waals surface area (Å²) in [6, 6.07) is 20.9. The Morgan fingerprint density at radius 2 is 1.68 bits per heavy atom. The van der Waals surface area contributed by atoms with Crippen molar-refractivity contribution < 1.29 is 22.7 Å².